The van der Waals surface area contributed by atoms with Gasteiger partial charge in [-0.25, -0.2) is 15.0 Å². The predicted octanol–water partition coefficient (Wildman–Crippen LogP) is 2.60. The molecule has 0 aliphatic carbocycles. The van der Waals surface area contributed by atoms with Crippen molar-refractivity contribution in [2.24, 2.45) is 5.73 Å². The molecule has 0 bridgehead atoms. The van der Waals surface area contributed by atoms with Crippen molar-refractivity contribution >= 4 is 11.3 Å². The summed E-state index contributed by atoms with van der Waals surface area (Å²) in [4.78, 5) is 15.5. The van der Waals surface area contributed by atoms with Crippen LogP contribution in [-0.2, 0) is 13.0 Å². The van der Waals surface area contributed by atoms with E-state index in [4.69, 9.17) is 5.73 Å². The molecule has 0 unspecified atom stereocenters. The van der Waals surface area contributed by atoms with E-state index in [0.717, 1.165) is 36.8 Å². The zero-order chi connectivity index (χ0) is 16.6. The topological polar surface area (TPSA) is 67.9 Å². The van der Waals surface area contributed by atoms with Crippen LogP contribution in [0.2, 0.25) is 0 Å². The second-order valence-electron chi connectivity index (χ2n) is 5.52. The highest BCUT2D eigenvalue weighted by atomic mass is 32.1. The number of nitrogens with zero attached hydrogens (tertiary/aromatic N) is 4. The van der Waals surface area contributed by atoms with Crippen LogP contribution >= 0.6 is 11.3 Å². The van der Waals surface area contributed by atoms with Crippen LogP contribution in [0.4, 0.5) is 0 Å². The molecule has 0 saturated carbocycles. The van der Waals surface area contributed by atoms with Crippen LogP contribution in [0.25, 0.3) is 10.8 Å². The van der Waals surface area contributed by atoms with Crippen molar-refractivity contribution in [1.82, 2.24) is 19.9 Å². The Kier molecular flexibility index (Phi) is 6.01. The van der Waals surface area contributed by atoms with Crippen LogP contribution < -0.4 is 5.73 Å². The second-order valence-corrected chi connectivity index (χ2v) is 6.37. The van der Waals surface area contributed by atoms with Crippen molar-refractivity contribution in [2.75, 3.05) is 19.6 Å². The van der Waals surface area contributed by atoms with Gasteiger partial charge in [-0.2, -0.15) is 0 Å². The van der Waals surface area contributed by atoms with Gasteiger partial charge in [0, 0.05) is 44.0 Å². The molecule has 0 saturated heterocycles. The molecule has 0 atom stereocenters. The Morgan fingerprint density at radius 3 is 2.54 bits per heavy atom. The summed E-state index contributed by atoms with van der Waals surface area (Å²) >= 11 is 1.58. The number of hydrogen-bond acceptors (Lipinski definition) is 6. The van der Waals surface area contributed by atoms with Gasteiger partial charge in [0.1, 0.15) is 0 Å². The summed E-state index contributed by atoms with van der Waals surface area (Å²) in [6, 6.07) is 12.3. The average Bonchev–Trinajstić information content (AvgIpc) is 3.10. The molecule has 0 amide bonds. The number of benzene rings is 1. The maximum Gasteiger partial charge on any atom is 0.188 e. The van der Waals surface area contributed by atoms with Crippen LogP contribution in [0.3, 0.4) is 0 Å². The second kappa shape index (κ2) is 8.63. The van der Waals surface area contributed by atoms with Crippen molar-refractivity contribution in [2.45, 2.75) is 13.0 Å². The molecule has 1 aromatic carbocycles. The molecule has 24 heavy (non-hydrogen) atoms. The van der Waals surface area contributed by atoms with E-state index in [1.54, 1.807) is 23.7 Å². The normalized spacial score (nSPS) is 11.1. The fourth-order valence-corrected chi connectivity index (χ4v) is 3.26. The molecular formula is C18H21N5S. The van der Waals surface area contributed by atoms with E-state index < -0.39 is 0 Å². The summed E-state index contributed by atoms with van der Waals surface area (Å²) in [5.41, 5.74) is 8.16. The van der Waals surface area contributed by atoms with Crippen LogP contribution in [-0.4, -0.2) is 39.5 Å². The van der Waals surface area contributed by atoms with Crippen molar-refractivity contribution in [3.05, 3.63) is 65.4 Å². The maximum absolute atomic E-state index is 5.77. The fourth-order valence-electron chi connectivity index (χ4n) is 2.51. The molecule has 0 fully saturated rings. The average molecular weight is 339 g/mol. The van der Waals surface area contributed by atoms with Gasteiger partial charge in [-0.1, -0.05) is 30.3 Å². The van der Waals surface area contributed by atoms with Gasteiger partial charge >= 0.3 is 0 Å². The molecule has 3 aromatic rings. The summed E-state index contributed by atoms with van der Waals surface area (Å²) < 4.78 is 0. The van der Waals surface area contributed by atoms with Gasteiger partial charge in [-0.05, 0) is 18.1 Å². The fraction of sp³-hybridized carbons (Fsp3) is 0.278. The number of rotatable bonds is 8. The molecule has 3 rings (SSSR count). The van der Waals surface area contributed by atoms with Crippen molar-refractivity contribution < 1.29 is 0 Å². The Hall–Kier alpha value is -2.15. The Bertz CT molecular complexity index is 729. The first-order valence-electron chi connectivity index (χ1n) is 8.03. The summed E-state index contributed by atoms with van der Waals surface area (Å²) in [6.45, 7) is 3.28. The summed E-state index contributed by atoms with van der Waals surface area (Å²) in [5, 5.41) is 2.94. The van der Waals surface area contributed by atoms with Gasteiger partial charge in [0.2, 0.25) is 0 Å². The van der Waals surface area contributed by atoms with E-state index in [-0.39, 0.29) is 0 Å². The van der Waals surface area contributed by atoms with E-state index in [1.807, 2.05) is 12.1 Å². The van der Waals surface area contributed by atoms with E-state index in [1.165, 1.54) is 5.56 Å². The SMILES string of the molecule is NCCN(CCc1ccccc1)Cc1csc(-c2ncccn2)n1. The monoisotopic (exact) mass is 339 g/mol. The molecule has 6 heteroatoms. The number of thiazole rings is 1. The molecule has 0 radical (unpaired) electrons. The number of nitrogens with two attached hydrogens (primary N) is 1. The highest BCUT2D eigenvalue weighted by Crippen LogP contribution is 2.20. The van der Waals surface area contributed by atoms with Crippen LogP contribution in [0, 0.1) is 0 Å². The smallest absolute Gasteiger partial charge is 0.188 e. The van der Waals surface area contributed by atoms with Crippen molar-refractivity contribution in [1.29, 1.82) is 0 Å². The van der Waals surface area contributed by atoms with Gasteiger partial charge in [-0.3, -0.25) is 4.90 Å². The Labute approximate surface area is 146 Å². The molecular weight excluding hydrogens is 318 g/mol. The third-order valence-electron chi connectivity index (χ3n) is 3.70. The molecule has 5 nitrogen and oxygen atoms in total. The number of hydrogen-bond donors (Lipinski definition) is 1. The zero-order valence-electron chi connectivity index (χ0n) is 13.5. The molecule has 2 N–H and O–H groups in total. The van der Waals surface area contributed by atoms with Gasteiger partial charge in [-0.15, -0.1) is 11.3 Å². The predicted molar refractivity (Wildman–Crippen MR) is 97.6 cm³/mol. The van der Waals surface area contributed by atoms with Gasteiger partial charge in [0.05, 0.1) is 5.69 Å². The third-order valence-corrected chi connectivity index (χ3v) is 4.59. The molecule has 2 heterocycles. The van der Waals surface area contributed by atoms with E-state index >= 15 is 0 Å². The van der Waals surface area contributed by atoms with Gasteiger partial charge < -0.3 is 5.73 Å². The maximum atomic E-state index is 5.77. The largest absolute Gasteiger partial charge is 0.329 e. The molecule has 0 spiro atoms. The van der Waals surface area contributed by atoms with Crippen molar-refractivity contribution in [3.8, 4) is 10.8 Å². The lowest BCUT2D eigenvalue weighted by Crippen LogP contribution is -2.31. The standard InChI is InChI=1S/C18H21N5S/c19-8-12-23(11-7-15-5-2-1-3-6-15)13-16-14-24-18(22-16)17-20-9-4-10-21-17/h1-6,9-10,14H,7-8,11-13,19H2. The molecule has 2 aromatic heterocycles. The minimum absolute atomic E-state index is 0.646. The molecule has 0 aliphatic heterocycles. The zero-order valence-corrected chi connectivity index (χ0v) is 14.3. The van der Waals surface area contributed by atoms with Crippen LogP contribution in [0.5, 0.6) is 0 Å². The Balaban J connectivity index is 1.62. The first kappa shape index (κ1) is 16.7. The van der Waals surface area contributed by atoms with Crippen LogP contribution in [0.1, 0.15) is 11.3 Å². The first-order chi connectivity index (χ1) is 11.8. The minimum atomic E-state index is 0.646. The Morgan fingerprint density at radius 2 is 1.79 bits per heavy atom. The van der Waals surface area contributed by atoms with Crippen molar-refractivity contribution in [3.63, 3.8) is 0 Å². The quantitative estimate of drug-likeness (QED) is 0.683. The third kappa shape index (κ3) is 4.67. The highest BCUT2D eigenvalue weighted by Gasteiger charge is 2.11. The van der Waals surface area contributed by atoms with E-state index in [0.29, 0.717) is 12.4 Å². The lowest BCUT2D eigenvalue weighted by atomic mass is 10.1. The summed E-state index contributed by atoms with van der Waals surface area (Å²) in [7, 11) is 0. The Morgan fingerprint density at radius 1 is 1.00 bits per heavy atom. The minimum Gasteiger partial charge on any atom is -0.329 e. The van der Waals surface area contributed by atoms with Gasteiger partial charge in [0.25, 0.3) is 0 Å². The lowest BCUT2D eigenvalue weighted by molar-refractivity contribution is 0.274. The summed E-state index contributed by atoms with van der Waals surface area (Å²) in [6.07, 6.45) is 4.49. The first-order valence-corrected chi connectivity index (χ1v) is 8.91. The van der Waals surface area contributed by atoms with Crippen LogP contribution in [0.15, 0.2) is 54.2 Å². The van der Waals surface area contributed by atoms with E-state index in [2.05, 4.69) is 49.5 Å². The molecule has 124 valence electrons. The number of aromatic nitrogens is 3. The van der Waals surface area contributed by atoms with Gasteiger partial charge in [0.15, 0.2) is 10.8 Å². The lowest BCUT2D eigenvalue weighted by Gasteiger charge is -2.20. The highest BCUT2D eigenvalue weighted by molar-refractivity contribution is 7.13. The van der Waals surface area contributed by atoms with E-state index in [9.17, 15) is 0 Å². The summed E-state index contributed by atoms with van der Waals surface area (Å²) in [5.74, 6) is 0.684. The molecule has 0 aliphatic rings.